The SMILES string of the molecule is CC(c1ncc(C(C)(C)C)o1)n1nc(-c2ccco2)oc1=O. The predicted octanol–water partition coefficient (Wildman–Crippen LogP) is 2.99. The molecular formula is C15H17N3O4. The fourth-order valence-electron chi connectivity index (χ4n) is 1.97. The van der Waals surface area contributed by atoms with Crippen molar-refractivity contribution < 1.29 is 13.3 Å². The Bertz CT molecular complexity index is 818. The van der Waals surface area contributed by atoms with E-state index in [1.54, 1.807) is 25.3 Å². The zero-order chi connectivity index (χ0) is 15.9. The molecule has 0 saturated heterocycles. The van der Waals surface area contributed by atoms with E-state index in [4.69, 9.17) is 13.3 Å². The van der Waals surface area contributed by atoms with E-state index in [1.165, 1.54) is 10.9 Å². The van der Waals surface area contributed by atoms with Crippen LogP contribution in [0.2, 0.25) is 0 Å². The van der Waals surface area contributed by atoms with Crippen LogP contribution in [0.4, 0.5) is 0 Å². The van der Waals surface area contributed by atoms with Crippen LogP contribution in [-0.2, 0) is 5.41 Å². The molecule has 7 nitrogen and oxygen atoms in total. The first-order valence-electron chi connectivity index (χ1n) is 6.96. The molecule has 3 rings (SSSR count). The Morgan fingerprint density at radius 1 is 1.27 bits per heavy atom. The molecule has 0 fully saturated rings. The Morgan fingerprint density at radius 2 is 2.05 bits per heavy atom. The highest BCUT2D eigenvalue weighted by Gasteiger charge is 2.25. The zero-order valence-electron chi connectivity index (χ0n) is 12.9. The van der Waals surface area contributed by atoms with Gasteiger partial charge in [-0.3, -0.25) is 0 Å². The molecule has 3 heterocycles. The van der Waals surface area contributed by atoms with Gasteiger partial charge in [0.1, 0.15) is 11.8 Å². The van der Waals surface area contributed by atoms with Gasteiger partial charge >= 0.3 is 5.76 Å². The number of rotatable bonds is 3. The first kappa shape index (κ1) is 14.4. The topological polar surface area (TPSA) is 87.2 Å². The lowest BCUT2D eigenvalue weighted by Crippen LogP contribution is -2.21. The van der Waals surface area contributed by atoms with Crippen LogP contribution in [0, 0.1) is 0 Å². The molecule has 0 N–H and O–H groups in total. The van der Waals surface area contributed by atoms with Gasteiger partial charge in [0.2, 0.25) is 5.89 Å². The molecule has 1 atom stereocenters. The average Bonchev–Trinajstić information content (AvgIpc) is 3.17. The maximum Gasteiger partial charge on any atom is 0.438 e. The minimum atomic E-state index is -0.589. The fourth-order valence-corrected chi connectivity index (χ4v) is 1.97. The molecule has 3 aromatic rings. The molecule has 0 radical (unpaired) electrons. The number of hydrogen-bond acceptors (Lipinski definition) is 6. The Balaban J connectivity index is 1.94. The van der Waals surface area contributed by atoms with Crippen LogP contribution in [0.25, 0.3) is 11.7 Å². The third kappa shape index (κ3) is 2.49. The molecule has 0 bridgehead atoms. The summed E-state index contributed by atoms with van der Waals surface area (Å²) in [5.74, 6) is 1.09. The second-order valence-corrected chi connectivity index (χ2v) is 6.08. The summed E-state index contributed by atoms with van der Waals surface area (Å²) in [6.45, 7) is 7.85. The minimum Gasteiger partial charge on any atom is -0.459 e. The van der Waals surface area contributed by atoms with Crippen molar-refractivity contribution in [1.29, 1.82) is 0 Å². The minimum absolute atomic E-state index is 0.129. The van der Waals surface area contributed by atoms with Crippen molar-refractivity contribution in [2.24, 2.45) is 0 Å². The molecule has 7 heteroatoms. The van der Waals surface area contributed by atoms with Gasteiger partial charge in [-0.1, -0.05) is 20.8 Å². The first-order chi connectivity index (χ1) is 10.4. The molecule has 22 heavy (non-hydrogen) atoms. The number of furan rings is 1. The Hall–Kier alpha value is -2.57. The van der Waals surface area contributed by atoms with E-state index in [2.05, 4.69) is 10.1 Å². The number of oxazole rings is 1. The lowest BCUT2D eigenvalue weighted by atomic mass is 9.94. The smallest absolute Gasteiger partial charge is 0.438 e. The van der Waals surface area contributed by atoms with E-state index in [0.29, 0.717) is 11.7 Å². The number of aromatic nitrogens is 3. The Labute approximate surface area is 126 Å². The summed E-state index contributed by atoms with van der Waals surface area (Å²) in [6.07, 6.45) is 3.16. The maximum absolute atomic E-state index is 12.0. The van der Waals surface area contributed by atoms with Crippen molar-refractivity contribution in [2.45, 2.75) is 39.2 Å². The van der Waals surface area contributed by atoms with Gasteiger partial charge in [0.25, 0.3) is 5.89 Å². The Morgan fingerprint density at radius 3 is 2.64 bits per heavy atom. The maximum atomic E-state index is 12.0. The van der Waals surface area contributed by atoms with Gasteiger partial charge in [-0.2, -0.15) is 4.68 Å². The van der Waals surface area contributed by atoms with Crippen LogP contribution in [0.15, 0.2) is 42.6 Å². The molecule has 116 valence electrons. The van der Waals surface area contributed by atoms with Crippen LogP contribution < -0.4 is 5.76 Å². The molecule has 0 aliphatic carbocycles. The van der Waals surface area contributed by atoms with Gasteiger partial charge in [-0.05, 0) is 19.1 Å². The van der Waals surface area contributed by atoms with Gasteiger partial charge in [0, 0.05) is 5.41 Å². The number of hydrogen-bond donors (Lipinski definition) is 0. The predicted molar refractivity (Wildman–Crippen MR) is 77.5 cm³/mol. The van der Waals surface area contributed by atoms with Gasteiger partial charge < -0.3 is 13.3 Å². The van der Waals surface area contributed by atoms with E-state index < -0.39 is 11.8 Å². The largest absolute Gasteiger partial charge is 0.459 e. The first-order valence-corrected chi connectivity index (χ1v) is 6.96. The van der Waals surface area contributed by atoms with Crippen molar-refractivity contribution in [2.75, 3.05) is 0 Å². The molecule has 0 spiro atoms. The summed E-state index contributed by atoms with van der Waals surface area (Å²) in [7, 11) is 0. The summed E-state index contributed by atoms with van der Waals surface area (Å²) in [5.41, 5.74) is -0.154. The molecule has 0 aliphatic heterocycles. The summed E-state index contributed by atoms with van der Waals surface area (Å²) < 4.78 is 17.2. The highest BCUT2D eigenvalue weighted by molar-refractivity contribution is 5.42. The Kier molecular flexibility index (Phi) is 3.27. The number of nitrogens with zero attached hydrogens (tertiary/aromatic N) is 3. The molecule has 3 aromatic heterocycles. The molecule has 0 saturated carbocycles. The van der Waals surface area contributed by atoms with Gasteiger partial charge in [0.05, 0.1) is 12.5 Å². The van der Waals surface area contributed by atoms with Crippen molar-refractivity contribution in [1.82, 2.24) is 14.8 Å². The molecule has 1 unspecified atom stereocenters. The average molecular weight is 303 g/mol. The third-order valence-corrected chi connectivity index (χ3v) is 3.29. The van der Waals surface area contributed by atoms with E-state index in [9.17, 15) is 4.79 Å². The van der Waals surface area contributed by atoms with Crippen LogP contribution >= 0.6 is 0 Å². The van der Waals surface area contributed by atoms with Crippen molar-refractivity contribution in [3.8, 4) is 11.7 Å². The zero-order valence-corrected chi connectivity index (χ0v) is 12.9. The molecule has 0 aliphatic rings. The molecule has 0 amide bonds. The van der Waals surface area contributed by atoms with Gasteiger partial charge in [-0.15, -0.1) is 5.10 Å². The second kappa shape index (κ2) is 5.01. The van der Waals surface area contributed by atoms with Crippen LogP contribution in [0.1, 0.15) is 45.4 Å². The third-order valence-electron chi connectivity index (χ3n) is 3.29. The van der Waals surface area contributed by atoms with E-state index >= 15 is 0 Å². The lowest BCUT2D eigenvalue weighted by Gasteiger charge is -2.13. The van der Waals surface area contributed by atoms with Gasteiger partial charge in [0.15, 0.2) is 5.76 Å². The summed E-state index contributed by atoms with van der Waals surface area (Å²) in [6, 6.07) is 2.89. The second-order valence-electron chi connectivity index (χ2n) is 6.08. The molecule has 0 aromatic carbocycles. The monoisotopic (exact) mass is 303 g/mol. The van der Waals surface area contributed by atoms with E-state index in [1.807, 2.05) is 20.8 Å². The highest BCUT2D eigenvalue weighted by Crippen LogP contribution is 2.26. The van der Waals surface area contributed by atoms with Gasteiger partial charge in [-0.25, -0.2) is 9.78 Å². The molecular weight excluding hydrogens is 286 g/mol. The van der Waals surface area contributed by atoms with E-state index in [0.717, 1.165) is 5.76 Å². The van der Waals surface area contributed by atoms with Crippen molar-refractivity contribution in [3.63, 3.8) is 0 Å². The normalized spacial score (nSPS) is 13.5. The quantitative estimate of drug-likeness (QED) is 0.739. The van der Waals surface area contributed by atoms with Crippen LogP contribution in [0.5, 0.6) is 0 Å². The lowest BCUT2D eigenvalue weighted by molar-refractivity contribution is 0.339. The summed E-state index contributed by atoms with van der Waals surface area (Å²) >= 11 is 0. The van der Waals surface area contributed by atoms with Crippen LogP contribution in [0.3, 0.4) is 0 Å². The fraction of sp³-hybridized carbons (Fsp3) is 0.400. The standard InChI is InChI=1S/C15H17N3O4/c1-9(12-16-8-11(21-12)15(2,3)4)18-14(19)22-13(17-18)10-6-5-7-20-10/h5-9H,1-4H3. The van der Waals surface area contributed by atoms with Crippen molar-refractivity contribution >= 4 is 0 Å². The highest BCUT2D eigenvalue weighted by atomic mass is 16.4. The summed E-state index contributed by atoms with van der Waals surface area (Å²) in [5, 5.41) is 4.14. The summed E-state index contributed by atoms with van der Waals surface area (Å²) in [4.78, 5) is 16.2. The van der Waals surface area contributed by atoms with Crippen LogP contribution in [-0.4, -0.2) is 14.8 Å². The van der Waals surface area contributed by atoms with Crippen molar-refractivity contribution in [3.05, 3.63) is 46.8 Å². The van der Waals surface area contributed by atoms with E-state index in [-0.39, 0.29) is 11.3 Å².